The van der Waals surface area contributed by atoms with Gasteiger partial charge in [-0.3, -0.25) is 19.2 Å². The first-order valence-corrected chi connectivity index (χ1v) is 16.4. The number of benzene rings is 2. The number of anilines is 1. The molecular weight excluding hydrogens is 584 g/mol. The topological polar surface area (TPSA) is 185 Å². The summed E-state index contributed by atoms with van der Waals surface area (Å²) in [7, 11) is -4.45. The summed E-state index contributed by atoms with van der Waals surface area (Å²) in [5.41, 5.74) is 5.88. The van der Waals surface area contributed by atoms with Gasteiger partial charge in [0.05, 0.1) is 11.2 Å². The number of nitrogens with one attached hydrogen (secondary N) is 3. The number of fused-ring (bicyclic) bond motifs is 1. The molecule has 2 aromatic rings. The number of hydrogen-bond acceptors (Lipinski definition) is 7. The number of carboxylic acids is 1. The second-order valence-corrected chi connectivity index (χ2v) is 13.4. The van der Waals surface area contributed by atoms with E-state index in [9.17, 15) is 27.6 Å². The van der Waals surface area contributed by atoms with E-state index in [0.717, 1.165) is 30.4 Å². The summed E-state index contributed by atoms with van der Waals surface area (Å²) in [5.74, 6) is -3.13. The standard InChI is InChI=1S/C32H40N4O7S/c1-2-24-21-32(24,35-29(40)31(33)19-18-22-12-8-9-13-23(22)20-31)30(41)36-44(42,43)26-15-11-10-14-25(26)34-27(37)16-6-4-3-5-7-17-28(38)39/h2,8-15,24H,1,3-7,16-21,33H2,(H,34,37)(H,35,40)(H,36,41)(H,38,39)/t24-,31?,32-/m1/s1. The summed E-state index contributed by atoms with van der Waals surface area (Å²) in [5, 5.41) is 14.1. The fourth-order valence-corrected chi connectivity index (χ4v) is 6.89. The lowest BCUT2D eigenvalue weighted by molar-refractivity contribution is -0.137. The highest BCUT2D eigenvalue weighted by Gasteiger charge is 2.61. The lowest BCUT2D eigenvalue weighted by Crippen LogP contribution is -2.62. The Hall–Kier alpha value is -4.03. The van der Waals surface area contributed by atoms with Crippen molar-refractivity contribution in [1.82, 2.24) is 10.0 Å². The Labute approximate surface area is 257 Å². The molecule has 2 aliphatic carbocycles. The first-order valence-electron chi connectivity index (χ1n) is 14.9. The van der Waals surface area contributed by atoms with Crippen molar-refractivity contribution in [3.63, 3.8) is 0 Å². The van der Waals surface area contributed by atoms with Crippen molar-refractivity contribution in [1.29, 1.82) is 0 Å². The maximum Gasteiger partial charge on any atom is 0.303 e. The van der Waals surface area contributed by atoms with Crippen molar-refractivity contribution in [3.8, 4) is 0 Å². The molecule has 4 rings (SSSR count). The van der Waals surface area contributed by atoms with Gasteiger partial charge in [-0.15, -0.1) is 6.58 Å². The Morgan fingerprint density at radius 2 is 1.57 bits per heavy atom. The number of aryl methyl sites for hydroxylation is 1. The zero-order valence-electron chi connectivity index (χ0n) is 24.6. The predicted molar refractivity (Wildman–Crippen MR) is 165 cm³/mol. The Morgan fingerprint density at radius 3 is 2.25 bits per heavy atom. The number of carboxylic acid groups (broad SMARTS) is 1. The van der Waals surface area contributed by atoms with Crippen LogP contribution in [-0.2, 0) is 42.0 Å². The normalized spacial score (nSPS) is 22.2. The van der Waals surface area contributed by atoms with E-state index < -0.39 is 44.8 Å². The van der Waals surface area contributed by atoms with Crippen LogP contribution in [0.5, 0.6) is 0 Å². The summed E-state index contributed by atoms with van der Waals surface area (Å²) < 4.78 is 29.0. The molecule has 0 heterocycles. The van der Waals surface area contributed by atoms with Gasteiger partial charge in [-0.2, -0.15) is 0 Å². The van der Waals surface area contributed by atoms with Gasteiger partial charge in [0.1, 0.15) is 10.4 Å². The van der Waals surface area contributed by atoms with E-state index in [1.165, 1.54) is 24.3 Å². The highest BCUT2D eigenvalue weighted by atomic mass is 32.2. The van der Waals surface area contributed by atoms with Crippen LogP contribution in [0.1, 0.15) is 68.9 Å². The van der Waals surface area contributed by atoms with E-state index in [1.807, 2.05) is 24.3 Å². The minimum atomic E-state index is -4.45. The number of carbonyl (C=O) groups is 4. The number of rotatable bonds is 15. The van der Waals surface area contributed by atoms with E-state index in [0.29, 0.717) is 32.1 Å². The molecule has 0 radical (unpaired) electrons. The van der Waals surface area contributed by atoms with Gasteiger partial charge < -0.3 is 21.5 Å². The van der Waals surface area contributed by atoms with Crippen molar-refractivity contribution in [3.05, 3.63) is 72.3 Å². The summed E-state index contributed by atoms with van der Waals surface area (Å²) in [6.07, 6.45) is 6.65. The zero-order chi connectivity index (χ0) is 32.0. The molecule has 6 N–H and O–H groups in total. The third-order valence-electron chi connectivity index (χ3n) is 8.43. The number of sulfonamides is 1. The number of amides is 3. The van der Waals surface area contributed by atoms with E-state index in [-0.39, 0.29) is 35.8 Å². The molecule has 1 unspecified atom stereocenters. The Bertz CT molecular complexity index is 1540. The van der Waals surface area contributed by atoms with Gasteiger partial charge in [0, 0.05) is 18.8 Å². The number of hydrogen-bond donors (Lipinski definition) is 5. The molecular formula is C32H40N4O7S. The van der Waals surface area contributed by atoms with Gasteiger partial charge in [0.25, 0.3) is 15.9 Å². The van der Waals surface area contributed by atoms with Crippen molar-refractivity contribution >= 4 is 39.4 Å². The van der Waals surface area contributed by atoms with Crippen molar-refractivity contribution < 1.29 is 32.7 Å². The van der Waals surface area contributed by atoms with Crippen LogP contribution >= 0.6 is 0 Å². The molecule has 2 aliphatic rings. The molecule has 0 bridgehead atoms. The highest BCUT2D eigenvalue weighted by Crippen LogP contribution is 2.45. The molecule has 0 saturated heterocycles. The highest BCUT2D eigenvalue weighted by molar-refractivity contribution is 7.90. The van der Waals surface area contributed by atoms with Crippen LogP contribution in [0.2, 0.25) is 0 Å². The quantitative estimate of drug-likeness (QED) is 0.148. The zero-order valence-corrected chi connectivity index (χ0v) is 25.5. The molecule has 0 spiro atoms. The third kappa shape index (κ3) is 7.72. The molecule has 3 amide bonds. The van der Waals surface area contributed by atoms with Gasteiger partial charge in [-0.25, -0.2) is 13.1 Å². The number of nitrogens with two attached hydrogens (primary N) is 1. The maximum atomic E-state index is 13.5. The lowest BCUT2D eigenvalue weighted by Gasteiger charge is -2.35. The smallest absolute Gasteiger partial charge is 0.303 e. The molecule has 236 valence electrons. The van der Waals surface area contributed by atoms with E-state index in [4.69, 9.17) is 10.8 Å². The largest absolute Gasteiger partial charge is 0.481 e. The van der Waals surface area contributed by atoms with Crippen LogP contribution < -0.4 is 21.1 Å². The number of para-hydroxylation sites is 1. The fraction of sp³-hybridized carbons (Fsp3) is 0.438. The van der Waals surface area contributed by atoms with Crippen molar-refractivity contribution in [2.75, 3.05) is 5.32 Å². The van der Waals surface area contributed by atoms with Crippen LogP contribution in [0, 0.1) is 5.92 Å². The van der Waals surface area contributed by atoms with E-state index in [1.54, 1.807) is 6.07 Å². The van der Waals surface area contributed by atoms with E-state index in [2.05, 4.69) is 21.9 Å². The molecule has 1 fully saturated rings. The molecule has 0 aliphatic heterocycles. The second kappa shape index (κ2) is 13.7. The van der Waals surface area contributed by atoms with Crippen LogP contribution in [0.15, 0.2) is 66.1 Å². The minimum Gasteiger partial charge on any atom is -0.481 e. The molecule has 3 atom stereocenters. The SMILES string of the molecule is C=C[C@@H]1C[C@]1(NC(=O)C1(N)CCc2ccccc2C1)C(=O)NS(=O)(=O)c1ccccc1NC(=O)CCCCCCCC(=O)O. The number of unbranched alkanes of at least 4 members (excludes halogenated alkanes) is 4. The third-order valence-corrected chi connectivity index (χ3v) is 9.82. The number of aliphatic carboxylic acids is 1. The minimum absolute atomic E-state index is 0.0233. The summed E-state index contributed by atoms with van der Waals surface area (Å²) in [6, 6.07) is 13.5. The lowest BCUT2D eigenvalue weighted by atomic mass is 9.78. The van der Waals surface area contributed by atoms with Gasteiger partial charge in [-0.1, -0.05) is 61.7 Å². The molecule has 12 heteroatoms. The average Bonchev–Trinajstić information content (AvgIpc) is 3.70. The molecule has 11 nitrogen and oxygen atoms in total. The molecule has 0 aromatic heterocycles. The van der Waals surface area contributed by atoms with Crippen molar-refractivity contribution in [2.24, 2.45) is 11.7 Å². The van der Waals surface area contributed by atoms with Crippen LogP contribution in [0.25, 0.3) is 0 Å². The van der Waals surface area contributed by atoms with Gasteiger partial charge in [0.2, 0.25) is 11.8 Å². The average molecular weight is 625 g/mol. The Kier molecular flexibility index (Phi) is 10.3. The maximum absolute atomic E-state index is 13.5. The summed E-state index contributed by atoms with van der Waals surface area (Å²) in [6.45, 7) is 3.74. The Balaban J connectivity index is 1.39. The van der Waals surface area contributed by atoms with Crippen LogP contribution in [0.4, 0.5) is 5.69 Å². The van der Waals surface area contributed by atoms with Crippen LogP contribution in [0.3, 0.4) is 0 Å². The van der Waals surface area contributed by atoms with Crippen molar-refractivity contribution in [2.45, 2.75) is 86.6 Å². The summed E-state index contributed by atoms with van der Waals surface area (Å²) >= 11 is 0. The first-order chi connectivity index (χ1) is 20.9. The first kappa shape index (κ1) is 32.9. The predicted octanol–water partition coefficient (Wildman–Crippen LogP) is 3.19. The summed E-state index contributed by atoms with van der Waals surface area (Å²) in [4.78, 5) is 49.9. The number of carbonyl (C=O) groups excluding carboxylic acids is 3. The fourth-order valence-electron chi connectivity index (χ4n) is 5.69. The molecule has 1 saturated carbocycles. The Morgan fingerprint density at radius 1 is 0.932 bits per heavy atom. The van der Waals surface area contributed by atoms with Gasteiger partial charge in [-0.05, 0) is 61.8 Å². The van der Waals surface area contributed by atoms with Gasteiger partial charge >= 0.3 is 5.97 Å². The second-order valence-electron chi connectivity index (χ2n) is 11.7. The monoisotopic (exact) mass is 624 g/mol. The molecule has 2 aromatic carbocycles. The molecule has 44 heavy (non-hydrogen) atoms. The van der Waals surface area contributed by atoms with E-state index >= 15 is 0 Å². The van der Waals surface area contributed by atoms with Crippen LogP contribution in [-0.4, -0.2) is 48.3 Å². The van der Waals surface area contributed by atoms with Gasteiger partial charge in [0.15, 0.2) is 0 Å².